The Kier molecular flexibility index (Phi) is 5.64. The van der Waals surface area contributed by atoms with Crippen LogP contribution in [-0.2, 0) is 0 Å². The number of hydrogen-bond donors (Lipinski definition) is 1. The van der Waals surface area contributed by atoms with E-state index in [-0.39, 0.29) is 18.5 Å². The van der Waals surface area contributed by atoms with E-state index in [9.17, 15) is 4.39 Å². The van der Waals surface area contributed by atoms with Gasteiger partial charge in [0.25, 0.3) is 0 Å². The highest BCUT2D eigenvalue weighted by molar-refractivity contribution is 5.46. The molecule has 1 aliphatic carbocycles. The second kappa shape index (κ2) is 7.47. The van der Waals surface area contributed by atoms with Gasteiger partial charge in [-0.2, -0.15) is 0 Å². The monoisotopic (exact) mass is 290 g/mol. The van der Waals surface area contributed by atoms with Crippen LogP contribution in [0.1, 0.15) is 45.1 Å². The molecule has 2 nitrogen and oxygen atoms in total. The first-order valence-electron chi connectivity index (χ1n) is 7.64. The van der Waals surface area contributed by atoms with Gasteiger partial charge < -0.3 is 9.84 Å². The van der Waals surface area contributed by atoms with Crippen LogP contribution in [0.4, 0.5) is 4.39 Å². The molecule has 1 fully saturated rings. The lowest BCUT2D eigenvalue weighted by Gasteiger charge is -2.32. The van der Waals surface area contributed by atoms with Gasteiger partial charge in [-0.3, -0.25) is 0 Å². The lowest BCUT2D eigenvalue weighted by Crippen LogP contribution is -2.28. The molecular weight excluding hydrogens is 267 g/mol. The van der Waals surface area contributed by atoms with Crippen LogP contribution in [0.25, 0.3) is 0 Å². The van der Waals surface area contributed by atoms with E-state index < -0.39 is 0 Å². The van der Waals surface area contributed by atoms with Crippen molar-refractivity contribution in [3.63, 3.8) is 0 Å². The Balaban J connectivity index is 2.14. The van der Waals surface area contributed by atoms with Crippen molar-refractivity contribution in [1.29, 1.82) is 0 Å². The van der Waals surface area contributed by atoms with Gasteiger partial charge in [-0.25, -0.2) is 4.39 Å². The molecule has 0 saturated heterocycles. The molecule has 1 aliphatic rings. The third-order valence-electron chi connectivity index (χ3n) is 3.83. The molecular formula is C18H23FO2. The van der Waals surface area contributed by atoms with Gasteiger partial charge in [0.2, 0.25) is 0 Å². The van der Waals surface area contributed by atoms with Gasteiger partial charge in [0, 0.05) is 12.5 Å². The zero-order valence-corrected chi connectivity index (χ0v) is 12.7. The van der Waals surface area contributed by atoms with Crippen LogP contribution in [0.15, 0.2) is 18.2 Å². The number of halogens is 1. The highest BCUT2D eigenvalue weighted by Crippen LogP contribution is 2.32. The van der Waals surface area contributed by atoms with Gasteiger partial charge in [-0.05, 0) is 43.2 Å². The van der Waals surface area contributed by atoms with Gasteiger partial charge in [-0.15, -0.1) is 0 Å². The lowest BCUT2D eigenvalue weighted by atomic mass is 9.82. The molecule has 0 aromatic heterocycles. The van der Waals surface area contributed by atoms with Crippen molar-refractivity contribution in [3.8, 4) is 17.6 Å². The average molecular weight is 290 g/mol. The summed E-state index contributed by atoms with van der Waals surface area (Å²) in [5.74, 6) is 7.30. The predicted molar refractivity (Wildman–Crippen MR) is 81.6 cm³/mol. The first-order valence-corrected chi connectivity index (χ1v) is 7.64. The molecule has 0 amide bonds. The normalized spacial score (nSPS) is 25.0. The smallest absolute Gasteiger partial charge is 0.138 e. The van der Waals surface area contributed by atoms with Crippen molar-refractivity contribution in [2.24, 2.45) is 11.8 Å². The van der Waals surface area contributed by atoms with E-state index >= 15 is 0 Å². The zero-order valence-electron chi connectivity index (χ0n) is 12.7. The molecule has 2 rings (SSSR count). The maximum atomic E-state index is 13.5. The molecule has 0 radical (unpaired) electrons. The standard InChI is InChI=1S/C18H23FO2/c1-13-9-14(2)11-17(10-13)21-18-12-16(19)7-6-15(18)5-3-4-8-20/h6-7,12-14,17,20H,4,8-11H2,1-2H3. The van der Waals surface area contributed by atoms with E-state index in [1.54, 1.807) is 6.07 Å². The molecule has 0 aliphatic heterocycles. The summed E-state index contributed by atoms with van der Waals surface area (Å²) in [6.45, 7) is 4.50. The van der Waals surface area contributed by atoms with Crippen molar-refractivity contribution >= 4 is 0 Å². The fourth-order valence-electron chi connectivity index (χ4n) is 3.06. The van der Waals surface area contributed by atoms with Gasteiger partial charge in [0.05, 0.1) is 18.3 Å². The number of rotatable bonds is 3. The van der Waals surface area contributed by atoms with Crippen molar-refractivity contribution in [2.75, 3.05) is 6.61 Å². The molecule has 114 valence electrons. The Morgan fingerprint density at radius 2 is 1.95 bits per heavy atom. The second-order valence-corrected chi connectivity index (χ2v) is 6.07. The van der Waals surface area contributed by atoms with E-state index in [1.165, 1.54) is 18.6 Å². The Hall–Kier alpha value is -1.53. The molecule has 1 aromatic rings. The lowest BCUT2D eigenvalue weighted by molar-refractivity contribution is 0.100. The summed E-state index contributed by atoms with van der Waals surface area (Å²) < 4.78 is 19.5. The Bertz CT molecular complexity index is 520. The largest absolute Gasteiger partial charge is 0.489 e. The number of aliphatic hydroxyl groups is 1. The molecule has 1 N–H and O–H groups in total. The molecule has 21 heavy (non-hydrogen) atoms. The van der Waals surface area contributed by atoms with Crippen LogP contribution in [-0.4, -0.2) is 17.8 Å². The summed E-state index contributed by atoms with van der Waals surface area (Å²) in [6, 6.07) is 4.44. The van der Waals surface area contributed by atoms with Crippen LogP contribution >= 0.6 is 0 Å². The van der Waals surface area contributed by atoms with Crippen molar-refractivity contribution in [2.45, 2.75) is 45.6 Å². The fourth-order valence-corrected chi connectivity index (χ4v) is 3.06. The Morgan fingerprint density at radius 1 is 1.24 bits per heavy atom. The molecule has 1 aromatic carbocycles. The molecule has 0 bridgehead atoms. The minimum Gasteiger partial charge on any atom is -0.489 e. The number of ether oxygens (including phenoxy) is 1. The van der Waals surface area contributed by atoms with Gasteiger partial charge >= 0.3 is 0 Å². The zero-order chi connectivity index (χ0) is 15.2. The first-order chi connectivity index (χ1) is 10.1. The molecule has 2 atom stereocenters. The molecule has 1 saturated carbocycles. The van der Waals surface area contributed by atoms with Crippen LogP contribution in [0.2, 0.25) is 0 Å². The predicted octanol–water partition coefficient (Wildman–Crippen LogP) is 3.76. The summed E-state index contributed by atoms with van der Waals surface area (Å²) >= 11 is 0. The minimum atomic E-state index is -0.311. The number of benzene rings is 1. The number of aliphatic hydroxyl groups excluding tert-OH is 1. The summed E-state index contributed by atoms with van der Waals surface area (Å²) in [5.41, 5.74) is 0.690. The third kappa shape index (κ3) is 4.75. The van der Waals surface area contributed by atoms with Gasteiger partial charge in [0.15, 0.2) is 0 Å². The van der Waals surface area contributed by atoms with Gasteiger partial charge in [0.1, 0.15) is 11.6 Å². The Labute approximate surface area is 126 Å². The van der Waals surface area contributed by atoms with Gasteiger partial charge in [-0.1, -0.05) is 25.7 Å². The van der Waals surface area contributed by atoms with E-state index in [2.05, 4.69) is 25.7 Å². The average Bonchev–Trinajstić information content (AvgIpc) is 2.40. The number of hydrogen-bond acceptors (Lipinski definition) is 2. The van der Waals surface area contributed by atoms with E-state index in [0.717, 1.165) is 12.8 Å². The van der Waals surface area contributed by atoms with Crippen LogP contribution in [0, 0.1) is 29.5 Å². The summed E-state index contributed by atoms with van der Waals surface area (Å²) in [7, 11) is 0. The summed E-state index contributed by atoms with van der Waals surface area (Å²) in [4.78, 5) is 0. The first kappa shape index (κ1) is 15.9. The third-order valence-corrected chi connectivity index (χ3v) is 3.83. The van der Waals surface area contributed by atoms with Crippen molar-refractivity contribution in [1.82, 2.24) is 0 Å². The van der Waals surface area contributed by atoms with E-state index in [4.69, 9.17) is 9.84 Å². The quantitative estimate of drug-likeness (QED) is 0.859. The molecule has 0 heterocycles. The SMILES string of the molecule is CC1CC(C)CC(Oc2cc(F)ccc2C#CCCO)C1. The minimum absolute atomic E-state index is 0.0298. The second-order valence-electron chi connectivity index (χ2n) is 6.07. The van der Waals surface area contributed by atoms with Crippen molar-refractivity contribution in [3.05, 3.63) is 29.6 Å². The van der Waals surface area contributed by atoms with E-state index in [1.807, 2.05) is 0 Å². The maximum Gasteiger partial charge on any atom is 0.138 e. The van der Waals surface area contributed by atoms with Crippen LogP contribution in [0.5, 0.6) is 5.75 Å². The highest BCUT2D eigenvalue weighted by Gasteiger charge is 2.25. The maximum absolute atomic E-state index is 13.5. The van der Waals surface area contributed by atoms with E-state index in [0.29, 0.717) is 29.6 Å². The molecule has 3 heteroatoms. The summed E-state index contributed by atoms with van der Waals surface area (Å²) in [5, 5.41) is 8.78. The molecule has 2 unspecified atom stereocenters. The highest BCUT2D eigenvalue weighted by atomic mass is 19.1. The Morgan fingerprint density at radius 3 is 2.62 bits per heavy atom. The topological polar surface area (TPSA) is 29.5 Å². The van der Waals surface area contributed by atoms with Crippen LogP contribution in [0.3, 0.4) is 0 Å². The summed E-state index contributed by atoms with van der Waals surface area (Å²) in [6.07, 6.45) is 3.78. The molecule has 0 spiro atoms. The van der Waals surface area contributed by atoms with Crippen molar-refractivity contribution < 1.29 is 14.2 Å². The van der Waals surface area contributed by atoms with Crippen LogP contribution < -0.4 is 4.74 Å². The fraction of sp³-hybridized carbons (Fsp3) is 0.556.